The molecule has 0 fully saturated rings. The summed E-state index contributed by atoms with van der Waals surface area (Å²) >= 11 is 0. The Hall–Kier alpha value is -2.62. The molecule has 0 aliphatic heterocycles. The molecule has 0 unspecified atom stereocenters. The van der Waals surface area contributed by atoms with E-state index in [4.69, 9.17) is 0 Å². The Bertz CT molecular complexity index is 770. The fourth-order valence-electron chi connectivity index (χ4n) is 2.46. The predicted octanol–water partition coefficient (Wildman–Crippen LogP) is 4.46. The standard InChI is InChI=1S/C19H21N3O/c1-13(2)18(23)12-9-14-7-10-15(11-8-14)20-19-21-16-5-3-4-6-17(16)22-19/h3-8,10-11,13H,9,12H2,1-2H3,(H2,20,21,22). The average molecular weight is 307 g/mol. The molecule has 0 radical (unpaired) electrons. The van der Waals surface area contributed by atoms with E-state index in [2.05, 4.69) is 27.4 Å². The number of Topliss-reactive ketones (excluding diaryl/α,β-unsaturated/α-hetero) is 1. The highest BCUT2D eigenvalue weighted by molar-refractivity contribution is 5.80. The van der Waals surface area contributed by atoms with Crippen LogP contribution < -0.4 is 5.32 Å². The number of nitrogens with one attached hydrogen (secondary N) is 2. The molecule has 3 rings (SSSR count). The number of anilines is 2. The van der Waals surface area contributed by atoms with Crippen molar-refractivity contribution < 1.29 is 4.79 Å². The van der Waals surface area contributed by atoms with Crippen molar-refractivity contribution in [2.45, 2.75) is 26.7 Å². The van der Waals surface area contributed by atoms with Gasteiger partial charge >= 0.3 is 0 Å². The van der Waals surface area contributed by atoms with Crippen molar-refractivity contribution in [1.29, 1.82) is 0 Å². The normalized spacial score (nSPS) is 11.1. The van der Waals surface area contributed by atoms with Gasteiger partial charge in [0.2, 0.25) is 5.95 Å². The van der Waals surface area contributed by atoms with Crippen LogP contribution in [0.2, 0.25) is 0 Å². The topological polar surface area (TPSA) is 57.8 Å². The summed E-state index contributed by atoms with van der Waals surface area (Å²) in [5, 5.41) is 3.27. The number of aryl methyl sites for hydroxylation is 1. The number of carbonyl (C=O) groups is 1. The molecule has 0 aliphatic rings. The second-order valence-electron chi connectivity index (χ2n) is 6.05. The zero-order valence-electron chi connectivity index (χ0n) is 13.5. The number of H-pyrrole nitrogens is 1. The second kappa shape index (κ2) is 6.65. The lowest BCUT2D eigenvalue weighted by Gasteiger charge is -2.06. The number of hydrogen-bond acceptors (Lipinski definition) is 3. The molecule has 0 bridgehead atoms. The van der Waals surface area contributed by atoms with Gasteiger partial charge in [-0.25, -0.2) is 4.98 Å². The summed E-state index contributed by atoms with van der Waals surface area (Å²) in [7, 11) is 0. The zero-order valence-corrected chi connectivity index (χ0v) is 13.5. The summed E-state index contributed by atoms with van der Waals surface area (Å²) in [6, 6.07) is 16.1. The van der Waals surface area contributed by atoms with Crippen LogP contribution in [0, 0.1) is 5.92 Å². The summed E-state index contributed by atoms with van der Waals surface area (Å²) in [5.74, 6) is 1.16. The van der Waals surface area contributed by atoms with E-state index in [-0.39, 0.29) is 5.92 Å². The first kappa shape index (κ1) is 15.3. The van der Waals surface area contributed by atoms with Crippen molar-refractivity contribution in [3.05, 3.63) is 54.1 Å². The highest BCUT2D eigenvalue weighted by Crippen LogP contribution is 2.19. The number of ketones is 1. The molecule has 1 heterocycles. The maximum atomic E-state index is 11.7. The molecule has 4 nitrogen and oxygen atoms in total. The number of rotatable bonds is 6. The van der Waals surface area contributed by atoms with Crippen LogP contribution in [0.25, 0.3) is 11.0 Å². The number of imidazole rings is 1. The van der Waals surface area contributed by atoms with Crippen LogP contribution in [0.5, 0.6) is 0 Å². The Morgan fingerprint density at radius 2 is 1.87 bits per heavy atom. The lowest BCUT2D eigenvalue weighted by molar-refractivity contribution is -0.121. The molecule has 118 valence electrons. The number of nitrogens with zero attached hydrogens (tertiary/aromatic N) is 1. The number of hydrogen-bond donors (Lipinski definition) is 2. The number of para-hydroxylation sites is 2. The first-order valence-electron chi connectivity index (χ1n) is 7.95. The van der Waals surface area contributed by atoms with Gasteiger partial charge in [0.25, 0.3) is 0 Å². The van der Waals surface area contributed by atoms with Crippen LogP contribution in [0.3, 0.4) is 0 Å². The van der Waals surface area contributed by atoms with Gasteiger partial charge in [-0.15, -0.1) is 0 Å². The van der Waals surface area contributed by atoms with Crippen molar-refractivity contribution in [3.8, 4) is 0 Å². The van der Waals surface area contributed by atoms with Crippen LogP contribution in [0.15, 0.2) is 48.5 Å². The van der Waals surface area contributed by atoms with Crippen molar-refractivity contribution in [2.24, 2.45) is 5.92 Å². The monoisotopic (exact) mass is 307 g/mol. The third-order valence-electron chi connectivity index (χ3n) is 3.91. The highest BCUT2D eigenvalue weighted by Gasteiger charge is 2.07. The smallest absolute Gasteiger partial charge is 0.205 e. The van der Waals surface area contributed by atoms with Crippen molar-refractivity contribution in [2.75, 3.05) is 5.32 Å². The molecule has 0 saturated heterocycles. The Labute approximate surface area is 136 Å². The van der Waals surface area contributed by atoms with Gasteiger partial charge in [0.15, 0.2) is 0 Å². The summed E-state index contributed by atoms with van der Waals surface area (Å²) < 4.78 is 0. The van der Waals surface area contributed by atoms with Gasteiger partial charge in [0.05, 0.1) is 11.0 Å². The number of aromatic nitrogens is 2. The third-order valence-corrected chi connectivity index (χ3v) is 3.91. The largest absolute Gasteiger partial charge is 0.326 e. The van der Waals surface area contributed by atoms with E-state index in [0.717, 1.165) is 29.1 Å². The van der Waals surface area contributed by atoms with Gasteiger partial charge in [-0.3, -0.25) is 4.79 Å². The molecular formula is C19H21N3O. The third kappa shape index (κ3) is 3.77. The minimum atomic E-state index is 0.115. The van der Waals surface area contributed by atoms with E-state index in [1.54, 1.807) is 0 Å². The summed E-state index contributed by atoms with van der Waals surface area (Å²) in [6.07, 6.45) is 1.40. The Balaban J connectivity index is 1.64. The maximum absolute atomic E-state index is 11.7. The van der Waals surface area contributed by atoms with Crippen molar-refractivity contribution in [3.63, 3.8) is 0 Å². The van der Waals surface area contributed by atoms with E-state index in [1.165, 1.54) is 5.56 Å². The number of fused-ring (bicyclic) bond motifs is 1. The molecule has 23 heavy (non-hydrogen) atoms. The first-order chi connectivity index (χ1) is 11.1. The Morgan fingerprint density at radius 3 is 2.57 bits per heavy atom. The molecule has 4 heteroatoms. The molecule has 0 atom stereocenters. The van der Waals surface area contributed by atoms with Crippen molar-refractivity contribution >= 4 is 28.5 Å². The van der Waals surface area contributed by atoms with Gasteiger partial charge in [0.1, 0.15) is 5.78 Å². The van der Waals surface area contributed by atoms with Crippen LogP contribution in [0.4, 0.5) is 11.6 Å². The second-order valence-corrected chi connectivity index (χ2v) is 6.05. The SMILES string of the molecule is CC(C)C(=O)CCc1ccc(Nc2nc3ccccc3[nH]2)cc1. The highest BCUT2D eigenvalue weighted by atomic mass is 16.1. The van der Waals surface area contributed by atoms with Crippen LogP contribution in [-0.4, -0.2) is 15.8 Å². The minimum absolute atomic E-state index is 0.115. The molecule has 1 aromatic heterocycles. The lowest BCUT2D eigenvalue weighted by Crippen LogP contribution is -2.07. The van der Waals surface area contributed by atoms with Crippen LogP contribution >= 0.6 is 0 Å². The molecule has 0 spiro atoms. The maximum Gasteiger partial charge on any atom is 0.205 e. The van der Waals surface area contributed by atoms with E-state index < -0.39 is 0 Å². The lowest BCUT2D eigenvalue weighted by atomic mass is 10.0. The molecule has 3 aromatic rings. The van der Waals surface area contributed by atoms with Gasteiger partial charge in [-0.05, 0) is 36.2 Å². The predicted molar refractivity (Wildman–Crippen MR) is 94.0 cm³/mol. The molecular weight excluding hydrogens is 286 g/mol. The molecule has 0 aliphatic carbocycles. The van der Waals surface area contributed by atoms with Crippen molar-refractivity contribution in [1.82, 2.24) is 9.97 Å². The fourth-order valence-corrected chi connectivity index (χ4v) is 2.46. The number of aromatic amines is 1. The van der Waals surface area contributed by atoms with E-state index in [1.807, 2.05) is 50.2 Å². The zero-order chi connectivity index (χ0) is 16.2. The minimum Gasteiger partial charge on any atom is -0.326 e. The molecule has 2 N–H and O–H groups in total. The quantitative estimate of drug-likeness (QED) is 0.706. The molecule has 2 aromatic carbocycles. The summed E-state index contributed by atoms with van der Waals surface area (Å²) in [5.41, 5.74) is 4.11. The van der Waals surface area contributed by atoms with Crippen LogP contribution in [0.1, 0.15) is 25.8 Å². The van der Waals surface area contributed by atoms with E-state index in [9.17, 15) is 4.79 Å². The van der Waals surface area contributed by atoms with Gasteiger partial charge in [0, 0.05) is 18.0 Å². The summed E-state index contributed by atoms with van der Waals surface area (Å²) in [6.45, 7) is 3.89. The molecule has 0 saturated carbocycles. The first-order valence-corrected chi connectivity index (χ1v) is 7.95. The Kier molecular flexibility index (Phi) is 4.42. The van der Waals surface area contributed by atoms with Gasteiger partial charge in [-0.1, -0.05) is 38.1 Å². The van der Waals surface area contributed by atoms with Gasteiger partial charge in [-0.2, -0.15) is 0 Å². The van der Waals surface area contributed by atoms with E-state index in [0.29, 0.717) is 12.2 Å². The average Bonchev–Trinajstić information content (AvgIpc) is 2.96. The fraction of sp³-hybridized carbons (Fsp3) is 0.263. The van der Waals surface area contributed by atoms with Gasteiger partial charge < -0.3 is 10.3 Å². The Morgan fingerprint density at radius 1 is 1.13 bits per heavy atom. The molecule has 0 amide bonds. The van der Waals surface area contributed by atoms with Crippen LogP contribution in [-0.2, 0) is 11.2 Å². The number of carbonyl (C=O) groups excluding carboxylic acids is 1. The van der Waals surface area contributed by atoms with E-state index >= 15 is 0 Å². The summed E-state index contributed by atoms with van der Waals surface area (Å²) in [4.78, 5) is 19.4. The number of benzene rings is 2.